The molecule has 7 nitrogen and oxygen atoms in total. The first-order valence-corrected chi connectivity index (χ1v) is 7.65. The second-order valence-electron chi connectivity index (χ2n) is 5.41. The van der Waals surface area contributed by atoms with Gasteiger partial charge in [0.25, 0.3) is 0 Å². The first kappa shape index (κ1) is 19.2. The van der Waals surface area contributed by atoms with E-state index >= 15 is 0 Å². The number of hydrogen-bond donors (Lipinski definition) is 2. The minimum Gasteiger partial charge on any atom is -0.378 e. The minimum atomic E-state index is -0.480. The van der Waals surface area contributed by atoms with Gasteiger partial charge in [0, 0.05) is 19.6 Å². The smallest absolute Gasteiger partial charge is 0.245 e. The number of nitrogens with one attached hydrogen (secondary N) is 2. The van der Waals surface area contributed by atoms with Gasteiger partial charge >= 0.3 is 0 Å². The van der Waals surface area contributed by atoms with Gasteiger partial charge in [0.2, 0.25) is 11.8 Å². The fourth-order valence-corrected chi connectivity index (χ4v) is 2.63. The third kappa shape index (κ3) is 4.81. The van der Waals surface area contributed by atoms with Gasteiger partial charge in [0.05, 0.1) is 25.9 Å². The number of amides is 2. The Morgan fingerprint density at radius 1 is 1.32 bits per heavy atom. The van der Waals surface area contributed by atoms with Crippen molar-refractivity contribution in [2.75, 3.05) is 39.5 Å². The zero-order valence-electron chi connectivity index (χ0n) is 13.2. The van der Waals surface area contributed by atoms with Crippen LogP contribution in [0.3, 0.4) is 0 Å². The molecule has 2 aliphatic rings. The third-order valence-corrected chi connectivity index (χ3v) is 3.94. The summed E-state index contributed by atoms with van der Waals surface area (Å²) in [7, 11) is 0. The van der Waals surface area contributed by atoms with Gasteiger partial charge in [0.15, 0.2) is 0 Å². The van der Waals surface area contributed by atoms with E-state index in [4.69, 9.17) is 9.47 Å². The van der Waals surface area contributed by atoms with E-state index in [0.717, 1.165) is 0 Å². The Morgan fingerprint density at radius 3 is 2.59 bits per heavy atom. The molecule has 0 aromatic rings. The maximum absolute atomic E-state index is 12.4. The molecule has 8 heteroatoms. The molecule has 2 N–H and O–H groups in total. The van der Waals surface area contributed by atoms with E-state index in [0.29, 0.717) is 45.9 Å². The highest BCUT2D eigenvalue weighted by Crippen LogP contribution is 2.07. The van der Waals surface area contributed by atoms with E-state index < -0.39 is 12.1 Å². The Morgan fingerprint density at radius 2 is 2.00 bits per heavy atom. The number of ether oxygens (including phenoxy) is 2. The fourth-order valence-electron chi connectivity index (χ4n) is 2.63. The molecule has 2 amide bonds. The van der Waals surface area contributed by atoms with Gasteiger partial charge in [-0.05, 0) is 13.3 Å². The summed E-state index contributed by atoms with van der Waals surface area (Å²) in [6.07, 6.45) is 0.388. The predicted molar refractivity (Wildman–Crippen MR) is 84.1 cm³/mol. The molecule has 22 heavy (non-hydrogen) atoms. The van der Waals surface area contributed by atoms with E-state index in [1.54, 1.807) is 4.90 Å². The van der Waals surface area contributed by atoms with Gasteiger partial charge in [-0.2, -0.15) is 0 Å². The third-order valence-electron chi connectivity index (χ3n) is 3.94. The number of rotatable bonds is 4. The molecule has 2 saturated heterocycles. The molecule has 2 fully saturated rings. The zero-order chi connectivity index (χ0) is 15.2. The maximum Gasteiger partial charge on any atom is 0.245 e. The van der Waals surface area contributed by atoms with Gasteiger partial charge < -0.3 is 25.0 Å². The normalized spacial score (nSPS) is 26.7. The SMILES string of the molecule is CCC(NC(=O)[C@H]1NCCO[C@@H]1C)C(=O)N1CCOCC1.Cl. The van der Waals surface area contributed by atoms with Crippen LogP contribution in [-0.4, -0.2) is 74.4 Å². The monoisotopic (exact) mass is 335 g/mol. The average Bonchev–Trinajstić information content (AvgIpc) is 2.53. The van der Waals surface area contributed by atoms with Crippen LogP contribution in [-0.2, 0) is 19.1 Å². The Balaban J connectivity index is 0.00000242. The quantitative estimate of drug-likeness (QED) is 0.726. The lowest BCUT2D eigenvalue weighted by Crippen LogP contribution is -2.59. The van der Waals surface area contributed by atoms with Crippen molar-refractivity contribution in [1.82, 2.24) is 15.5 Å². The molecule has 0 aromatic carbocycles. The van der Waals surface area contributed by atoms with E-state index in [-0.39, 0.29) is 30.3 Å². The van der Waals surface area contributed by atoms with E-state index in [9.17, 15) is 9.59 Å². The van der Waals surface area contributed by atoms with Crippen LogP contribution in [0.25, 0.3) is 0 Å². The number of nitrogens with zero attached hydrogens (tertiary/aromatic N) is 1. The lowest BCUT2D eigenvalue weighted by atomic mass is 10.1. The summed E-state index contributed by atoms with van der Waals surface area (Å²) < 4.78 is 10.7. The minimum absolute atomic E-state index is 0. The standard InChI is InChI=1S/C14H25N3O4.ClH/c1-3-11(14(19)17-5-8-20-9-6-17)16-13(18)12-10(2)21-7-4-15-12;/h10-12,15H,3-9H2,1-2H3,(H,16,18);1H/t10-,11?,12+;/m1./s1. The summed E-state index contributed by atoms with van der Waals surface area (Å²) in [6, 6.07) is -0.878. The van der Waals surface area contributed by atoms with Crippen molar-refractivity contribution in [1.29, 1.82) is 0 Å². The zero-order valence-corrected chi connectivity index (χ0v) is 14.0. The Hall–Kier alpha value is -0.890. The van der Waals surface area contributed by atoms with Crippen LogP contribution in [0.1, 0.15) is 20.3 Å². The predicted octanol–water partition coefficient (Wildman–Crippen LogP) is -0.461. The van der Waals surface area contributed by atoms with Crippen molar-refractivity contribution < 1.29 is 19.1 Å². The largest absolute Gasteiger partial charge is 0.378 e. The topological polar surface area (TPSA) is 79.9 Å². The number of morpholine rings is 2. The molecule has 0 bridgehead atoms. The van der Waals surface area contributed by atoms with Crippen molar-refractivity contribution in [3.63, 3.8) is 0 Å². The lowest BCUT2D eigenvalue weighted by Gasteiger charge is -2.33. The summed E-state index contributed by atoms with van der Waals surface area (Å²) >= 11 is 0. The van der Waals surface area contributed by atoms with Crippen LogP contribution in [0, 0.1) is 0 Å². The van der Waals surface area contributed by atoms with Crippen LogP contribution >= 0.6 is 12.4 Å². The van der Waals surface area contributed by atoms with Crippen molar-refractivity contribution in [3.8, 4) is 0 Å². The molecule has 2 rings (SSSR count). The summed E-state index contributed by atoms with van der Waals surface area (Å²) in [5, 5.41) is 5.99. The van der Waals surface area contributed by atoms with Gasteiger partial charge in [-0.25, -0.2) is 0 Å². The van der Waals surface area contributed by atoms with Gasteiger partial charge in [-0.15, -0.1) is 12.4 Å². The second-order valence-corrected chi connectivity index (χ2v) is 5.41. The van der Waals surface area contributed by atoms with Crippen molar-refractivity contribution >= 4 is 24.2 Å². The molecule has 128 valence electrons. The molecule has 0 aliphatic carbocycles. The molecule has 2 aliphatic heterocycles. The molecule has 2 heterocycles. The Kier molecular flexibility index (Phi) is 8.09. The number of carbonyl (C=O) groups excluding carboxylic acids is 2. The Bertz CT molecular complexity index is 377. The van der Waals surface area contributed by atoms with E-state index in [1.807, 2.05) is 13.8 Å². The maximum atomic E-state index is 12.4. The molecule has 0 aromatic heterocycles. The summed E-state index contributed by atoms with van der Waals surface area (Å²) in [5.41, 5.74) is 0. The van der Waals surface area contributed by atoms with Crippen LogP contribution in [0.2, 0.25) is 0 Å². The molecule has 1 unspecified atom stereocenters. The molecule has 0 radical (unpaired) electrons. The number of carbonyl (C=O) groups is 2. The lowest BCUT2D eigenvalue weighted by molar-refractivity contribution is -0.141. The van der Waals surface area contributed by atoms with Gasteiger partial charge in [-0.1, -0.05) is 6.92 Å². The summed E-state index contributed by atoms with van der Waals surface area (Å²) in [6.45, 7) is 7.32. The molecule has 0 saturated carbocycles. The first-order valence-electron chi connectivity index (χ1n) is 7.65. The van der Waals surface area contributed by atoms with Crippen molar-refractivity contribution in [2.45, 2.75) is 38.5 Å². The Labute approximate surface area is 137 Å². The van der Waals surface area contributed by atoms with Crippen molar-refractivity contribution in [3.05, 3.63) is 0 Å². The van der Waals surface area contributed by atoms with Crippen LogP contribution in [0.4, 0.5) is 0 Å². The van der Waals surface area contributed by atoms with E-state index in [1.165, 1.54) is 0 Å². The van der Waals surface area contributed by atoms with Crippen LogP contribution < -0.4 is 10.6 Å². The highest BCUT2D eigenvalue weighted by Gasteiger charge is 2.32. The van der Waals surface area contributed by atoms with Crippen LogP contribution in [0.15, 0.2) is 0 Å². The summed E-state index contributed by atoms with van der Waals surface area (Å²) in [4.78, 5) is 26.5. The molecular formula is C14H26ClN3O4. The highest BCUT2D eigenvalue weighted by atomic mass is 35.5. The van der Waals surface area contributed by atoms with E-state index in [2.05, 4.69) is 10.6 Å². The number of halogens is 1. The molecule has 0 spiro atoms. The highest BCUT2D eigenvalue weighted by molar-refractivity contribution is 5.90. The van der Waals surface area contributed by atoms with Crippen LogP contribution in [0.5, 0.6) is 0 Å². The molecular weight excluding hydrogens is 310 g/mol. The van der Waals surface area contributed by atoms with Crippen molar-refractivity contribution in [2.24, 2.45) is 0 Å². The second kappa shape index (κ2) is 9.29. The fraction of sp³-hybridized carbons (Fsp3) is 0.857. The average molecular weight is 336 g/mol. The molecule has 3 atom stereocenters. The number of hydrogen-bond acceptors (Lipinski definition) is 5. The van der Waals surface area contributed by atoms with Gasteiger partial charge in [-0.3, -0.25) is 9.59 Å². The van der Waals surface area contributed by atoms with Gasteiger partial charge in [0.1, 0.15) is 12.1 Å². The summed E-state index contributed by atoms with van der Waals surface area (Å²) in [5.74, 6) is -0.200. The first-order chi connectivity index (χ1) is 10.1.